The Morgan fingerprint density at radius 1 is 1.65 bits per heavy atom. The number of anilines is 2. The third-order valence-corrected chi connectivity index (χ3v) is 3.81. The molecule has 108 valence electrons. The normalized spacial score (nSPS) is 17.7. The van der Waals surface area contributed by atoms with Gasteiger partial charge in [0.25, 0.3) is 0 Å². The Morgan fingerprint density at radius 3 is 3.05 bits per heavy atom. The summed E-state index contributed by atoms with van der Waals surface area (Å²) in [5.74, 6) is 0.709. The summed E-state index contributed by atoms with van der Waals surface area (Å²) >= 11 is 7.01. The fourth-order valence-electron chi connectivity index (χ4n) is 1.99. The van der Waals surface area contributed by atoms with Crippen molar-refractivity contribution in [2.45, 2.75) is 26.0 Å². The lowest BCUT2D eigenvalue weighted by atomic mass is 10.1. The molecule has 0 saturated heterocycles. The van der Waals surface area contributed by atoms with Crippen LogP contribution < -0.4 is 10.2 Å². The molecular formula is C13H17N3O2S2. The van der Waals surface area contributed by atoms with E-state index >= 15 is 0 Å². The summed E-state index contributed by atoms with van der Waals surface area (Å²) in [4.78, 5) is 18.7. The first-order chi connectivity index (χ1) is 9.54. The number of pyridine rings is 1. The number of carbonyl (C=O) groups excluding carboxylic acids is 1. The lowest BCUT2D eigenvalue weighted by Gasteiger charge is -2.37. The minimum absolute atomic E-state index is 0.175. The van der Waals surface area contributed by atoms with Gasteiger partial charge in [0.2, 0.25) is 0 Å². The topological polar surface area (TPSA) is 54.5 Å². The highest BCUT2D eigenvalue weighted by Gasteiger charge is 2.35. The number of fused-ring (bicyclic) bond motifs is 1. The number of hydrogen-bond acceptors (Lipinski definition) is 5. The Bertz CT molecular complexity index is 522. The molecule has 1 aliphatic rings. The summed E-state index contributed by atoms with van der Waals surface area (Å²) in [6, 6.07) is 1.58. The van der Waals surface area contributed by atoms with Gasteiger partial charge in [-0.25, -0.2) is 4.79 Å². The number of amides is 1. The lowest BCUT2D eigenvalue weighted by Crippen LogP contribution is -2.52. The molecule has 2 rings (SSSR count). The zero-order chi connectivity index (χ0) is 14.7. The van der Waals surface area contributed by atoms with Gasteiger partial charge >= 0.3 is 6.09 Å². The van der Waals surface area contributed by atoms with Gasteiger partial charge in [-0.15, -0.1) is 0 Å². The number of hydrogen-bond donors (Lipinski definition) is 1. The number of thioether (sulfide) groups is 1. The van der Waals surface area contributed by atoms with E-state index < -0.39 is 0 Å². The zero-order valence-electron chi connectivity index (χ0n) is 11.6. The van der Waals surface area contributed by atoms with Crippen LogP contribution in [0.15, 0.2) is 18.5 Å². The van der Waals surface area contributed by atoms with Crippen molar-refractivity contribution in [1.29, 1.82) is 0 Å². The first kappa shape index (κ1) is 15.1. The largest absolute Gasteiger partial charge is 0.446 e. The second-order valence-corrected chi connectivity index (χ2v) is 6.01. The van der Waals surface area contributed by atoms with Crippen LogP contribution in [0.25, 0.3) is 0 Å². The number of thiocarbonyl (C=S) groups is 1. The maximum atomic E-state index is 12.4. The molecule has 0 spiro atoms. The highest BCUT2D eigenvalue weighted by Crippen LogP contribution is 2.33. The molecular weight excluding hydrogens is 294 g/mol. The van der Waals surface area contributed by atoms with Gasteiger partial charge in [-0.05, 0) is 26.2 Å². The molecule has 0 fully saturated rings. The number of nitrogens with zero attached hydrogens (tertiary/aromatic N) is 2. The summed E-state index contributed by atoms with van der Waals surface area (Å²) in [5, 5.41) is 3.14. The molecule has 7 heteroatoms. The van der Waals surface area contributed by atoms with E-state index in [-0.39, 0.29) is 18.2 Å². The first-order valence-electron chi connectivity index (χ1n) is 6.28. The molecule has 1 N–H and O–H groups in total. The van der Waals surface area contributed by atoms with Gasteiger partial charge in [-0.3, -0.25) is 9.88 Å². The SMILES string of the molecule is CSCC1C(=S)Nc2cnccc2N1C(=O)OC(C)C. The van der Waals surface area contributed by atoms with Crippen molar-refractivity contribution in [2.75, 3.05) is 22.2 Å². The molecule has 20 heavy (non-hydrogen) atoms. The van der Waals surface area contributed by atoms with E-state index in [0.29, 0.717) is 10.7 Å². The van der Waals surface area contributed by atoms with E-state index in [9.17, 15) is 4.79 Å². The maximum absolute atomic E-state index is 12.4. The van der Waals surface area contributed by atoms with E-state index in [4.69, 9.17) is 17.0 Å². The second-order valence-electron chi connectivity index (χ2n) is 4.66. The molecule has 0 radical (unpaired) electrons. The van der Waals surface area contributed by atoms with Gasteiger partial charge < -0.3 is 10.1 Å². The average Bonchev–Trinajstić information content (AvgIpc) is 2.38. The van der Waals surface area contributed by atoms with Crippen molar-refractivity contribution in [2.24, 2.45) is 0 Å². The second kappa shape index (κ2) is 6.41. The Balaban J connectivity index is 2.40. The van der Waals surface area contributed by atoms with E-state index in [1.54, 1.807) is 35.1 Å². The quantitative estimate of drug-likeness (QED) is 0.866. The Labute approximate surface area is 128 Å². The predicted molar refractivity (Wildman–Crippen MR) is 86.7 cm³/mol. The molecule has 0 bridgehead atoms. The number of carbonyl (C=O) groups is 1. The van der Waals surface area contributed by atoms with Crippen LogP contribution in [0.5, 0.6) is 0 Å². The maximum Gasteiger partial charge on any atom is 0.415 e. The number of ether oxygens (including phenoxy) is 1. The van der Waals surface area contributed by atoms with E-state index in [2.05, 4.69) is 10.3 Å². The minimum Gasteiger partial charge on any atom is -0.446 e. The molecule has 1 aromatic rings. The van der Waals surface area contributed by atoms with Crippen molar-refractivity contribution in [3.05, 3.63) is 18.5 Å². The standard InChI is InChI=1S/C13H17N3O2S2/c1-8(2)18-13(17)16-10-4-5-14-6-9(10)15-12(19)11(16)7-20-3/h4-6,8,11H,7H2,1-3H3,(H,15,19). The summed E-state index contributed by atoms with van der Waals surface area (Å²) in [5.41, 5.74) is 1.48. The van der Waals surface area contributed by atoms with Crippen molar-refractivity contribution < 1.29 is 9.53 Å². The lowest BCUT2D eigenvalue weighted by molar-refractivity contribution is 0.122. The van der Waals surface area contributed by atoms with Crippen LogP contribution in [0.2, 0.25) is 0 Å². The molecule has 0 aliphatic carbocycles. The monoisotopic (exact) mass is 311 g/mol. The zero-order valence-corrected chi connectivity index (χ0v) is 13.3. The van der Waals surface area contributed by atoms with Crippen molar-refractivity contribution in [3.63, 3.8) is 0 Å². The third-order valence-electron chi connectivity index (χ3n) is 2.79. The van der Waals surface area contributed by atoms with Crippen LogP contribution in [-0.2, 0) is 4.74 Å². The van der Waals surface area contributed by atoms with Crippen LogP contribution >= 0.6 is 24.0 Å². The van der Waals surface area contributed by atoms with E-state index in [0.717, 1.165) is 11.4 Å². The summed E-state index contributed by atoms with van der Waals surface area (Å²) in [7, 11) is 0. The van der Waals surface area contributed by atoms with Crippen LogP contribution in [0.3, 0.4) is 0 Å². The molecule has 1 atom stereocenters. The summed E-state index contributed by atoms with van der Waals surface area (Å²) in [6.45, 7) is 3.66. The van der Waals surface area contributed by atoms with Crippen LogP contribution in [0.4, 0.5) is 16.2 Å². The van der Waals surface area contributed by atoms with Gasteiger partial charge in [0.05, 0.1) is 29.7 Å². The molecule has 0 aromatic carbocycles. The van der Waals surface area contributed by atoms with Crippen LogP contribution in [0, 0.1) is 0 Å². The fourth-order valence-corrected chi connectivity index (χ4v) is 3.02. The minimum atomic E-state index is -0.379. The highest BCUT2D eigenvalue weighted by molar-refractivity contribution is 7.98. The van der Waals surface area contributed by atoms with E-state index in [1.165, 1.54) is 0 Å². The fraction of sp³-hybridized carbons (Fsp3) is 0.462. The van der Waals surface area contributed by atoms with Crippen molar-refractivity contribution in [1.82, 2.24) is 4.98 Å². The Morgan fingerprint density at radius 2 is 2.40 bits per heavy atom. The van der Waals surface area contributed by atoms with Gasteiger partial charge in [-0.1, -0.05) is 12.2 Å². The number of nitrogens with one attached hydrogen (secondary N) is 1. The molecule has 2 heterocycles. The smallest absolute Gasteiger partial charge is 0.415 e. The molecule has 1 amide bonds. The van der Waals surface area contributed by atoms with Crippen molar-refractivity contribution >= 4 is 46.4 Å². The van der Waals surface area contributed by atoms with Gasteiger partial charge in [0.15, 0.2) is 0 Å². The van der Waals surface area contributed by atoms with Crippen LogP contribution in [-0.4, -0.2) is 40.2 Å². The Kier molecular flexibility index (Phi) is 4.82. The van der Waals surface area contributed by atoms with Crippen LogP contribution in [0.1, 0.15) is 13.8 Å². The van der Waals surface area contributed by atoms with Crippen molar-refractivity contribution in [3.8, 4) is 0 Å². The number of aromatic nitrogens is 1. The third kappa shape index (κ3) is 3.04. The van der Waals surface area contributed by atoms with Gasteiger partial charge in [-0.2, -0.15) is 11.8 Å². The molecule has 5 nitrogen and oxygen atoms in total. The molecule has 1 aromatic heterocycles. The predicted octanol–water partition coefficient (Wildman–Crippen LogP) is 2.92. The summed E-state index contributed by atoms with van der Waals surface area (Å²) < 4.78 is 5.34. The summed E-state index contributed by atoms with van der Waals surface area (Å²) in [6.07, 6.45) is 4.74. The Hall–Kier alpha value is -1.34. The molecule has 0 saturated carbocycles. The molecule has 1 aliphatic heterocycles. The van der Waals surface area contributed by atoms with Gasteiger partial charge in [0, 0.05) is 11.9 Å². The average molecular weight is 311 g/mol. The first-order valence-corrected chi connectivity index (χ1v) is 8.08. The highest BCUT2D eigenvalue weighted by atomic mass is 32.2. The molecule has 1 unspecified atom stereocenters. The van der Waals surface area contributed by atoms with Gasteiger partial charge in [0.1, 0.15) is 4.99 Å². The van der Waals surface area contributed by atoms with E-state index in [1.807, 2.05) is 20.1 Å². The number of rotatable bonds is 3.